The maximum atomic E-state index is 11.6. The molecule has 0 aliphatic carbocycles. The van der Waals surface area contributed by atoms with Gasteiger partial charge in [-0.3, -0.25) is 4.79 Å². The van der Waals surface area contributed by atoms with Gasteiger partial charge in [-0.25, -0.2) is 0 Å². The molecular formula is C17H20N2O2. The fraction of sp³-hybridized carbons (Fsp3) is 0.235. The van der Waals surface area contributed by atoms with Crippen LogP contribution < -0.4 is 15.4 Å². The van der Waals surface area contributed by atoms with Gasteiger partial charge in [-0.2, -0.15) is 0 Å². The molecule has 2 aromatic carbocycles. The molecule has 0 atom stereocenters. The number of aryl methyl sites for hydroxylation is 1. The molecule has 4 heteroatoms. The van der Waals surface area contributed by atoms with Gasteiger partial charge in [0.05, 0.1) is 7.11 Å². The Kier molecular flexibility index (Phi) is 4.82. The van der Waals surface area contributed by atoms with E-state index in [1.165, 1.54) is 5.56 Å². The molecule has 0 aromatic heterocycles. The molecule has 2 rings (SSSR count). The summed E-state index contributed by atoms with van der Waals surface area (Å²) in [6, 6.07) is 13.5. The maximum Gasteiger partial charge on any atom is 0.251 e. The zero-order valence-corrected chi connectivity index (χ0v) is 12.6. The van der Waals surface area contributed by atoms with Crippen LogP contribution in [0.25, 0.3) is 0 Å². The maximum absolute atomic E-state index is 11.6. The summed E-state index contributed by atoms with van der Waals surface area (Å²) >= 11 is 0. The monoisotopic (exact) mass is 284 g/mol. The van der Waals surface area contributed by atoms with Gasteiger partial charge in [0.25, 0.3) is 5.91 Å². The SMILES string of the molecule is CNC(=O)c1cccc(NCc2ccc(OC)c(C)c2)c1. The number of carbonyl (C=O) groups is 1. The number of rotatable bonds is 5. The van der Waals surface area contributed by atoms with Crippen molar-refractivity contribution in [2.75, 3.05) is 19.5 Å². The predicted octanol–water partition coefficient (Wildman–Crippen LogP) is 2.98. The third-order valence-corrected chi connectivity index (χ3v) is 3.31. The van der Waals surface area contributed by atoms with E-state index < -0.39 is 0 Å². The van der Waals surface area contributed by atoms with Gasteiger partial charge in [-0.15, -0.1) is 0 Å². The molecular weight excluding hydrogens is 264 g/mol. The van der Waals surface area contributed by atoms with Gasteiger partial charge >= 0.3 is 0 Å². The van der Waals surface area contributed by atoms with Crippen molar-refractivity contribution >= 4 is 11.6 Å². The number of carbonyl (C=O) groups excluding carboxylic acids is 1. The lowest BCUT2D eigenvalue weighted by atomic mass is 10.1. The topological polar surface area (TPSA) is 50.4 Å². The normalized spacial score (nSPS) is 10.0. The average Bonchev–Trinajstić information content (AvgIpc) is 2.52. The Bertz CT molecular complexity index is 638. The summed E-state index contributed by atoms with van der Waals surface area (Å²) in [4.78, 5) is 11.6. The molecule has 110 valence electrons. The van der Waals surface area contributed by atoms with Crippen LogP contribution in [0.3, 0.4) is 0 Å². The lowest BCUT2D eigenvalue weighted by Gasteiger charge is -2.10. The van der Waals surface area contributed by atoms with E-state index in [0.717, 1.165) is 17.0 Å². The van der Waals surface area contributed by atoms with Crippen LogP contribution in [0.5, 0.6) is 5.75 Å². The zero-order chi connectivity index (χ0) is 15.2. The van der Waals surface area contributed by atoms with Gasteiger partial charge in [-0.05, 0) is 42.3 Å². The molecule has 0 aliphatic rings. The average molecular weight is 284 g/mol. The quantitative estimate of drug-likeness (QED) is 0.887. The molecule has 21 heavy (non-hydrogen) atoms. The van der Waals surface area contributed by atoms with Gasteiger partial charge in [0.1, 0.15) is 5.75 Å². The van der Waals surface area contributed by atoms with Crippen molar-refractivity contribution in [3.63, 3.8) is 0 Å². The molecule has 0 aliphatic heterocycles. The highest BCUT2D eigenvalue weighted by Gasteiger charge is 2.04. The third kappa shape index (κ3) is 3.75. The number of hydrogen-bond donors (Lipinski definition) is 2. The van der Waals surface area contributed by atoms with Gasteiger partial charge in [0, 0.05) is 24.8 Å². The lowest BCUT2D eigenvalue weighted by Crippen LogP contribution is -2.17. The summed E-state index contributed by atoms with van der Waals surface area (Å²) < 4.78 is 5.25. The van der Waals surface area contributed by atoms with Crippen molar-refractivity contribution in [1.82, 2.24) is 5.32 Å². The molecule has 0 bridgehead atoms. The third-order valence-electron chi connectivity index (χ3n) is 3.31. The van der Waals surface area contributed by atoms with Crippen molar-refractivity contribution in [2.45, 2.75) is 13.5 Å². The minimum Gasteiger partial charge on any atom is -0.496 e. The Morgan fingerprint density at radius 2 is 2.00 bits per heavy atom. The number of amides is 1. The first-order valence-electron chi connectivity index (χ1n) is 6.83. The standard InChI is InChI=1S/C17H20N2O2/c1-12-9-13(7-8-16(12)21-3)11-19-15-6-4-5-14(10-15)17(20)18-2/h4-10,19H,11H2,1-3H3,(H,18,20). The molecule has 0 saturated heterocycles. The Hall–Kier alpha value is -2.49. The van der Waals surface area contributed by atoms with E-state index in [0.29, 0.717) is 12.1 Å². The lowest BCUT2D eigenvalue weighted by molar-refractivity contribution is 0.0963. The smallest absolute Gasteiger partial charge is 0.251 e. The summed E-state index contributed by atoms with van der Waals surface area (Å²) in [6.07, 6.45) is 0. The molecule has 0 radical (unpaired) electrons. The van der Waals surface area contributed by atoms with Crippen LogP contribution in [-0.4, -0.2) is 20.1 Å². The number of anilines is 1. The Balaban J connectivity index is 2.06. The van der Waals surface area contributed by atoms with E-state index in [1.54, 1.807) is 20.2 Å². The fourth-order valence-electron chi connectivity index (χ4n) is 2.17. The van der Waals surface area contributed by atoms with Gasteiger partial charge in [0.15, 0.2) is 0 Å². The highest BCUT2D eigenvalue weighted by atomic mass is 16.5. The number of methoxy groups -OCH3 is 1. The van der Waals surface area contributed by atoms with Gasteiger partial charge in [0.2, 0.25) is 0 Å². The van der Waals surface area contributed by atoms with E-state index in [1.807, 2.05) is 37.3 Å². The Labute approximate surface area is 125 Å². The largest absolute Gasteiger partial charge is 0.496 e. The Morgan fingerprint density at radius 1 is 1.19 bits per heavy atom. The van der Waals surface area contributed by atoms with Crippen molar-refractivity contribution in [1.29, 1.82) is 0 Å². The minimum atomic E-state index is -0.0843. The molecule has 2 aromatic rings. The van der Waals surface area contributed by atoms with Crippen LogP contribution in [0.15, 0.2) is 42.5 Å². The van der Waals surface area contributed by atoms with Crippen LogP contribution in [0, 0.1) is 6.92 Å². The van der Waals surface area contributed by atoms with Crippen LogP contribution in [0.2, 0.25) is 0 Å². The van der Waals surface area contributed by atoms with Gasteiger partial charge in [-0.1, -0.05) is 18.2 Å². The van der Waals surface area contributed by atoms with Crippen molar-refractivity contribution < 1.29 is 9.53 Å². The second kappa shape index (κ2) is 6.79. The fourth-order valence-corrected chi connectivity index (χ4v) is 2.17. The molecule has 0 fully saturated rings. The molecule has 0 unspecified atom stereocenters. The van der Waals surface area contributed by atoms with Crippen LogP contribution in [0.4, 0.5) is 5.69 Å². The van der Waals surface area contributed by atoms with E-state index in [2.05, 4.69) is 16.7 Å². The number of nitrogens with one attached hydrogen (secondary N) is 2. The first-order chi connectivity index (χ1) is 10.1. The second-order valence-electron chi connectivity index (χ2n) is 4.82. The van der Waals surface area contributed by atoms with E-state index in [9.17, 15) is 4.79 Å². The summed E-state index contributed by atoms with van der Waals surface area (Å²) in [7, 11) is 3.30. The minimum absolute atomic E-state index is 0.0843. The molecule has 2 N–H and O–H groups in total. The molecule has 4 nitrogen and oxygen atoms in total. The molecule has 0 spiro atoms. The molecule has 0 saturated carbocycles. The molecule has 1 amide bonds. The van der Waals surface area contributed by atoms with E-state index in [-0.39, 0.29) is 5.91 Å². The summed E-state index contributed by atoms with van der Waals surface area (Å²) in [5.41, 5.74) is 3.84. The van der Waals surface area contributed by atoms with Crippen molar-refractivity contribution in [2.24, 2.45) is 0 Å². The predicted molar refractivity (Wildman–Crippen MR) is 84.9 cm³/mol. The second-order valence-corrected chi connectivity index (χ2v) is 4.82. The molecule has 0 heterocycles. The summed E-state index contributed by atoms with van der Waals surface area (Å²) in [5.74, 6) is 0.805. The number of hydrogen-bond acceptors (Lipinski definition) is 3. The van der Waals surface area contributed by atoms with Crippen LogP contribution in [0.1, 0.15) is 21.5 Å². The Morgan fingerprint density at radius 3 is 2.67 bits per heavy atom. The van der Waals surface area contributed by atoms with Crippen molar-refractivity contribution in [3.8, 4) is 5.75 Å². The number of ether oxygens (including phenoxy) is 1. The van der Waals surface area contributed by atoms with Gasteiger partial charge < -0.3 is 15.4 Å². The first-order valence-corrected chi connectivity index (χ1v) is 6.83. The van der Waals surface area contributed by atoms with E-state index in [4.69, 9.17) is 4.74 Å². The number of benzene rings is 2. The van der Waals surface area contributed by atoms with Crippen molar-refractivity contribution in [3.05, 3.63) is 59.2 Å². The highest BCUT2D eigenvalue weighted by molar-refractivity contribution is 5.94. The van der Waals surface area contributed by atoms with Crippen LogP contribution in [-0.2, 0) is 6.54 Å². The highest BCUT2D eigenvalue weighted by Crippen LogP contribution is 2.19. The first kappa shape index (κ1) is 14.9. The summed E-state index contributed by atoms with van der Waals surface area (Å²) in [5, 5.41) is 5.95. The van der Waals surface area contributed by atoms with E-state index >= 15 is 0 Å². The van der Waals surface area contributed by atoms with Crippen LogP contribution >= 0.6 is 0 Å². The zero-order valence-electron chi connectivity index (χ0n) is 12.6. The summed E-state index contributed by atoms with van der Waals surface area (Å²) in [6.45, 7) is 2.72.